The maximum absolute atomic E-state index is 13.9. The van der Waals surface area contributed by atoms with Crippen molar-refractivity contribution in [3.8, 4) is 23.2 Å². The second-order valence-electron chi connectivity index (χ2n) is 8.23. The fourth-order valence-corrected chi connectivity index (χ4v) is 4.12. The third-order valence-electron chi connectivity index (χ3n) is 5.75. The van der Waals surface area contributed by atoms with Crippen LogP contribution in [0.1, 0.15) is 58.1 Å². The van der Waals surface area contributed by atoms with Crippen molar-refractivity contribution >= 4 is 11.5 Å². The second-order valence-corrected chi connectivity index (χ2v) is 8.23. The highest BCUT2D eigenvalue weighted by Crippen LogP contribution is 2.50. The summed E-state index contributed by atoms with van der Waals surface area (Å²) in [7, 11) is 0. The van der Waals surface area contributed by atoms with Gasteiger partial charge in [0.1, 0.15) is 17.3 Å². The van der Waals surface area contributed by atoms with Crippen LogP contribution in [0.5, 0.6) is 0 Å². The van der Waals surface area contributed by atoms with Gasteiger partial charge in [-0.15, -0.1) is 0 Å². The van der Waals surface area contributed by atoms with Crippen molar-refractivity contribution < 1.29 is 27.6 Å². The number of hydrogen-bond donors (Lipinski definition) is 2. The van der Waals surface area contributed by atoms with Crippen molar-refractivity contribution in [2.75, 3.05) is 0 Å². The first kappa shape index (κ1) is 21.0. The molecule has 0 saturated heterocycles. The first-order valence-electron chi connectivity index (χ1n) is 10.00. The number of benzene rings is 1. The summed E-state index contributed by atoms with van der Waals surface area (Å²) < 4.78 is 47.6. The van der Waals surface area contributed by atoms with Crippen molar-refractivity contribution in [2.45, 2.75) is 38.1 Å². The highest BCUT2D eigenvalue weighted by atomic mass is 19.4. The molecular weight excluding hydrogens is 437 g/mol. The number of alkyl halides is 3. The van der Waals surface area contributed by atoms with E-state index in [0.717, 1.165) is 10.1 Å². The Labute approximate surface area is 185 Å². The Morgan fingerprint density at radius 2 is 2.03 bits per heavy atom. The molecule has 0 saturated carbocycles. The standard InChI is InChI=1S/C23H17F3N4O3/c1-11-7-17(29-33-11)22(2,32)6-5-12-3-4-15-13-9-14(10-13)30-19(23(24,25)26)18(20(27)31)28-21(30)16(15)8-12/h3-4,7-9,14,32H,10H2,1-2H3,(H2,27,31)/t14?,22-/m1/s1. The number of hydrogen-bond acceptors (Lipinski definition) is 5. The van der Waals surface area contributed by atoms with E-state index in [9.17, 15) is 23.1 Å². The van der Waals surface area contributed by atoms with Gasteiger partial charge >= 0.3 is 6.18 Å². The monoisotopic (exact) mass is 454 g/mol. The molecule has 6 rings (SSSR count). The molecule has 3 aromatic rings. The van der Waals surface area contributed by atoms with E-state index >= 15 is 0 Å². The third kappa shape index (κ3) is 3.32. The lowest BCUT2D eigenvalue weighted by Crippen LogP contribution is -2.24. The summed E-state index contributed by atoms with van der Waals surface area (Å²) in [6, 6.07) is 6.04. The van der Waals surface area contributed by atoms with Gasteiger partial charge in [-0.05, 0) is 43.5 Å². The first-order valence-corrected chi connectivity index (χ1v) is 10.00. The number of halogens is 3. The Morgan fingerprint density at radius 3 is 2.64 bits per heavy atom. The van der Waals surface area contributed by atoms with Crippen LogP contribution < -0.4 is 5.73 Å². The summed E-state index contributed by atoms with van der Waals surface area (Å²) in [6.07, 6.45) is -2.71. The van der Waals surface area contributed by atoms with Crippen molar-refractivity contribution in [1.29, 1.82) is 0 Å². The Morgan fingerprint density at radius 1 is 1.30 bits per heavy atom. The van der Waals surface area contributed by atoms with E-state index in [0.29, 0.717) is 28.9 Å². The van der Waals surface area contributed by atoms with Crippen LogP contribution >= 0.6 is 0 Å². The van der Waals surface area contributed by atoms with Crippen LogP contribution in [0.4, 0.5) is 13.2 Å². The molecule has 1 amide bonds. The predicted molar refractivity (Wildman–Crippen MR) is 111 cm³/mol. The van der Waals surface area contributed by atoms with Crippen molar-refractivity contribution in [3.63, 3.8) is 0 Å². The van der Waals surface area contributed by atoms with E-state index in [1.54, 1.807) is 37.3 Å². The van der Waals surface area contributed by atoms with Crippen LogP contribution in [0.15, 0.2) is 34.9 Å². The Hall–Kier alpha value is -3.84. The lowest BCUT2D eigenvalue weighted by atomic mass is 9.86. The van der Waals surface area contributed by atoms with E-state index in [-0.39, 0.29) is 11.5 Å². The molecule has 3 N–H and O–H groups in total. The third-order valence-corrected chi connectivity index (χ3v) is 5.75. The van der Waals surface area contributed by atoms with Gasteiger partial charge in [0, 0.05) is 17.2 Å². The predicted octanol–water partition coefficient (Wildman–Crippen LogP) is 3.57. The summed E-state index contributed by atoms with van der Waals surface area (Å²) >= 11 is 0. The SMILES string of the molecule is Cc1cc([C@](C)(O)C#Cc2ccc3c(c2)-c2nc(C(N)=O)c(C(F)(F)F)n2C2C=C3C2)no1. The van der Waals surface area contributed by atoms with Gasteiger partial charge in [-0.1, -0.05) is 29.1 Å². The average Bonchev–Trinajstić information content (AvgIpc) is 3.25. The Balaban J connectivity index is 1.65. The molecule has 2 atom stereocenters. The number of allylic oxidation sites excluding steroid dienone is 2. The summed E-state index contributed by atoms with van der Waals surface area (Å²) in [5.74, 6) is 4.83. The van der Waals surface area contributed by atoms with Gasteiger partial charge in [-0.25, -0.2) is 4.98 Å². The smallest absolute Gasteiger partial charge is 0.372 e. The van der Waals surface area contributed by atoms with Crippen LogP contribution in [0.2, 0.25) is 0 Å². The number of aryl methyl sites for hydroxylation is 1. The number of carbonyl (C=O) groups is 1. The topological polar surface area (TPSA) is 107 Å². The molecule has 168 valence electrons. The molecule has 2 aromatic heterocycles. The van der Waals surface area contributed by atoms with Crippen LogP contribution in [-0.4, -0.2) is 25.7 Å². The minimum absolute atomic E-state index is 0.00223. The molecule has 0 fully saturated rings. The lowest BCUT2D eigenvalue weighted by molar-refractivity contribution is -0.144. The van der Waals surface area contributed by atoms with Gasteiger partial charge in [0.2, 0.25) is 0 Å². The normalized spacial score (nSPS) is 18.0. The number of rotatable bonds is 2. The fraction of sp³-hybridized carbons (Fsp3) is 0.261. The minimum Gasteiger partial charge on any atom is -0.372 e. The molecule has 1 aliphatic carbocycles. The molecular formula is C23H17F3N4O3. The molecule has 1 aromatic carbocycles. The summed E-state index contributed by atoms with van der Waals surface area (Å²) in [6.45, 7) is 3.14. The highest BCUT2D eigenvalue weighted by Gasteiger charge is 2.45. The molecule has 2 bridgehead atoms. The molecule has 33 heavy (non-hydrogen) atoms. The van der Waals surface area contributed by atoms with Crippen molar-refractivity contribution in [1.82, 2.24) is 14.7 Å². The quantitative estimate of drug-likeness (QED) is 0.576. The van der Waals surface area contributed by atoms with Gasteiger partial charge in [0.25, 0.3) is 5.91 Å². The van der Waals surface area contributed by atoms with Gasteiger partial charge in [0.05, 0.1) is 6.04 Å². The van der Waals surface area contributed by atoms with E-state index in [1.165, 1.54) is 6.92 Å². The number of carbonyl (C=O) groups excluding carboxylic acids is 1. The lowest BCUT2D eigenvalue weighted by Gasteiger charge is -2.27. The van der Waals surface area contributed by atoms with Gasteiger partial charge < -0.3 is 19.9 Å². The molecule has 3 aliphatic rings. The average molecular weight is 454 g/mol. The number of aromatic nitrogens is 3. The molecule has 0 spiro atoms. The summed E-state index contributed by atoms with van der Waals surface area (Å²) in [5, 5.41) is 14.4. The Bertz CT molecular complexity index is 1420. The Kier molecular flexibility index (Phi) is 4.35. The number of aliphatic hydroxyl groups is 1. The van der Waals surface area contributed by atoms with Crippen LogP contribution in [-0.2, 0) is 11.8 Å². The molecule has 10 heteroatoms. The van der Waals surface area contributed by atoms with E-state index in [4.69, 9.17) is 10.3 Å². The zero-order valence-electron chi connectivity index (χ0n) is 17.5. The van der Waals surface area contributed by atoms with Crippen LogP contribution in [0.3, 0.4) is 0 Å². The number of nitrogens with zero attached hydrogens (tertiary/aromatic N) is 3. The fourth-order valence-electron chi connectivity index (χ4n) is 4.12. The van der Waals surface area contributed by atoms with Crippen molar-refractivity contribution in [2.24, 2.45) is 5.73 Å². The van der Waals surface area contributed by atoms with E-state index < -0.39 is 35.1 Å². The van der Waals surface area contributed by atoms with Gasteiger partial charge in [-0.2, -0.15) is 13.2 Å². The zero-order valence-corrected chi connectivity index (χ0v) is 17.5. The number of imidazole rings is 1. The number of nitrogens with two attached hydrogens (primary N) is 1. The van der Waals surface area contributed by atoms with Gasteiger partial charge in [0.15, 0.2) is 17.0 Å². The highest BCUT2D eigenvalue weighted by molar-refractivity contribution is 5.94. The van der Waals surface area contributed by atoms with Crippen LogP contribution in [0, 0.1) is 18.8 Å². The first-order chi connectivity index (χ1) is 15.5. The second kappa shape index (κ2) is 6.83. The maximum Gasteiger partial charge on any atom is 0.433 e. The minimum atomic E-state index is -4.81. The maximum atomic E-state index is 13.9. The molecule has 7 nitrogen and oxygen atoms in total. The largest absolute Gasteiger partial charge is 0.433 e. The van der Waals surface area contributed by atoms with Crippen LogP contribution in [0.25, 0.3) is 17.0 Å². The molecule has 2 aliphatic heterocycles. The summed E-state index contributed by atoms with van der Waals surface area (Å²) in [5.41, 5.74) is 4.35. The van der Waals surface area contributed by atoms with Gasteiger partial charge in [-0.3, -0.25) is 4.79 Å². The number of primary amides is 1. The van der Waals surface area contributed by atoms with Crippen molar-refractivity contribution in [3.05, 3.63) is 64.3 Å². The molecule has 1 unspecified atom stereocenters. The van der Waals surface area contributed by atoms with E-state index in [2.05, 4.69) is 22.0 Å². The number of amides is 1. The van der Waals surface area contributed by atoms with E-state index in [1.807, 2.05) is 0 Å². The molecule has 0 radical (unpaired) electrons. The zero-order chi connectivity index (χ0) is 23.7. The summed E-state index contributed by atoms with van der Waals surface area (Å²) in [4.78, 5) is 15.8. The molecule has 4 heterocycles.